The van der Waals surface area contributed by atoms with E-state index in [2.05, 4.69) is 18.2 Å². The molecule has 0 aliphatic heterocycles. The third-order valence-electron chi connectivity index (χ3n) is 6.98. The summed E-state index contributed by atoms with van der Waals surface area (Å²) in [7, 11) is 3.63. The minimum Gasteiger partial charge on any atom is -0.392 e. The van der Waals surface area contributed by atoms with E-state index in [1.807, 2.05) is 14.1 Å². The van der Waals surface area contributed by atoms with Gasteiger partial charge in [-0.3, -0.25) is 4.79 Å². The molecule has 27 heavy (non-hydrogen) atoms. The number of rotatable bonds is 8. The molecule has 2 N–H and O–H groups in total. The zero-order valence-corrected chi connectivity index (χ0v) is 17.1. The number of nitrogens with zero attached hydrogens (tertiary/aromatic N) is 1. The summed E-state index contributed by atoms with van der Waals surface area (Å²) in [5.74, 6) is 1.46. The van der Waals surface area contributed by atoms with Gasteiger partial charge >= 0.3 is 0 Å². The molecule has 2 fully saturated rings. The number of allylic oxidation sites excluding steroid dienone is 2. The number of unbranched alkanes of at least 4 members (excludes halogenated alkanes) is 1. The standard InChI is InChI=1S/C23H37NO3/c1-24(2)22(26)10-4-3-8-17-14-18-16-21(25)19(20(18)15-17)9-7-13-23(27)11-5-6-12-23/h7,9,14,18-21,25,27H,3-6,8,10-13,15-16H2,1-2H3/b9-7+/t18-,19+,20-,21+/m0/s1. The number of carbonyl (C=O) groups excluding carboxylic acids is 1. The normalized spacial score (nSPS) is 32.1. The first-order chi connectivity index (χ1) is 12.9. The summed E-state index contributed by atoms with van der Waals surface area (Å²) in [4.78, 5) is 13.3. The number of hydrogen-bond acceptors (Lipinski definition) is 3. The molecule has 0 unspecified atom stereocenters. The fourth-order valence-electron chi connectivity index (χ4n) is 5.32. The van der Waals surface area contributed by atoms with Gasteiger partial charge in [0.15, 0.2) is 0 Å². The van der Waals surface area contributed by atoms with Crippen LogP contribution in [0.1, 0.15) is 70.6 Å². The molecule has 4 nitrogen and oxygen atoms in total. The van der Waals surface area contributed by atoms with Gasteiger partial charge in [-0.25, -0.2) is 0 Å². The van der Waals surface area contributed by atoms with Gasteiger partial charge in [-0.15, -0.1) is 0 Å². The molecule has 152 valence electrons. The van der Waals surface area contributed by atoms with Crippen molar-refractivity contribution in [2.24, 2.45) is 17.8 Å². The van der Waals surface area contributed by atoms with Crippen molar-refractivity contribution < 1.29 is 15.0 Å². The quantitative estimate of drug-likeness (QED) is 0.501. The van der Waals surface area contributed by atoms with Gasteiger partial charge in [-0.2, -0.15) is 0 Å². The number of hydrogen-bond donors (Lipinski definition) is 2. The molecular weight excluding hydrogens is 338 g/mol. The maximum atomic E-state index is 11.7. The molecule has 0 spiro atoms. The molecule has 0 aromatic carbocycles. The van der Waals surface area contributed by atoms with Crippen LogP contribution in [0.15, 0.2) is 23.8 Å². The number of aliphatic hydroxyl groups is 2. The van der Waals surface area contributed by atoms with Crippen LogP contribution >= 0.6 is 0 Å². The lowest BCUT2D eigenvalue weighted by Gasteiger charge is -2.21. The Morgan fingerprint density at radius 2 is 2.04 bits per heavy atom. The van der Waals surface area contributed by atoms with Gasteiger partial charge in [0, 0.05) is 26.4 Å². The van der Waals surface area contributed by atoms with E-state index in [1.165, 1.54) is 5.57 Å². The minimum absolute atomic E-state index is 0.213. The highest BCUT2D eigenvalue weighted by Crippen LogP contribution is 2.48. The lowest BCUT2D eigenvalue weighted by Crippen LogP contribution is -2.23. The van der Waals surface area contributed by atoms with Crippen molar-refractivity contribution in [1.29, 1.82) is 0 Å². The predicted molar refractivity (Wildman–Crippen MR) is 108 cm³/mol. The average Bonchev–Trinajstić information content (AvgIpc) is 3.28. The number of carbonyl (C=O) groups is 1. The lowest BCUT2D eigenvalue weighted by atomic mass is 9.88. The SMILES string of the molecule is CN(C)C(=O)CCCCC1=C[C@H]2C[C@@H](O)[C@H](/C=C/CC3(O)CCCC3)[C@H]2C1. The van der Waals surface area contributed by atoms with Crippen LogP contribution < -0.4 is 0 Å². The van der Waals surface area contributed by atoms with Gasteiger partial charge in [-0.05, 0) is 63.2 Å². The third kappa shape index (κ3) is 5.23. The second-order valence-corrected chi connectivity index (χ2v) is 9.30. The fourth-order valence-corrected chi connectivity index (χ4v) is 5.32. The second kappa shape index (κ2) is 8.91. The molecular formula is C23H37NO3. The summed E-state index contributed by atoms with van der Waals surface area (Å²) in [6.45, 7) is 0. The van der Waals surface area contributed by atoms with Crippen LogP contribution in [0.25, 0.3) is 0 Å². The third-order valence-corrected chi connectivity index (χ3v) is 6.98. The van der Waals surface area contributed by atoms with Gasteiger partial charge in [0.25, 0.3) is 0 Å². The maximum Gasteiger partial charge on any atom is 0.222 e. The van der Waals surface area contributed by atoms with Gasteiger partial charge in [0.1, 0.15) is 0 Å². The zero-order chi connectivity index (χ0) is 19.4. The van der Waals surface area contributed by atoms with Crippen LogP contribution in [0, 0.1) is 17.8 Å². The Kier molecular flexibility index (Phi) is 6.80. The van der Waals surface area contributed by atoms with Crippen molar-refractivity contribution in [3.63, 3.8) is 0 Å². The number of amides is 1. The van der Waals surface area contributed by atoms with Crippen LogP contribution in [0.2, 0.25) is 0 Å². The van der Waals surface area contributed by atoms with E-state index < -0.39 is 5.60 Å². The van der Waals surface area contributed by atoms with Crippen LogP contribution in [0.3, 0.4) is 0 Å². The van der Waals surface area contributed by atoms with E-state index in [9.17, 15) is 15.0 Å². The zero-order valence-electron chi connectivity index (χ0n) is 17.1. The lowest BCUT2D eigenvalue weighted by molar-refractivity contribution is -0.128. The predicted octanol–water partition coefficient (Wildman–Crippen LogP) is 3.83. The minimum atomic E-state index is -0.497. The highest BCUT2D eigenvalue weighted by molar-refractivity contribution is 5.75. The Labute approximate surface area is 164 Å². The average molecular weight is 376 g/mol. The molecule has 0 aromatic rings. The molecule has 0 aromatic heterocycles. The smallest absolute Gasteiger partial charge is 0.222 e. The Balaban J connectivity index is 1.44. The van der Waals surface area contributed by atoms with Crippen molar-refractivity contribution in [3.05, 3.63) is 23.8 Å². The van der Waals surface area contributed by atoms with Crippen molar-refractivity contribution in [2.75, 3.05) is 14.1 Å². The number of fused-ring (bicyclic) bond motifs is 1. The van der Waals surface area contributed by atoms with Crippen LogP contribution in [-0.2, 0) is 4.79 Å². The van der Waals surface area contributed by atoms with Crippen molar-refractivity contribution in [3.8, 4) is 0 Å². The van der Waals surface area contributed by atoms with E-state index in [0.717, 1.165) is 64.2 Å². The van der Waals surface area contributed by atoms with E-state index in [0.29, 0.717) is 18.3 Å². The Hall–Kier alpha value is -1.13. The first-order valence-electron chi connectivity index (χ1n) is 10.8. The van der Waals surface area contributed by atoms with E-state index >= 15 is 0 Å². The van der Waals surface area contributed by atoms with E-state index in [1.54, 1.807) is 4.90 Å². The fraction of sp³-hybridized carbons (Fsp3) is 0.783. The summed E-state index contributed by atoms with van der Waals surface area (Å²) >= 11 is 0. The van der Waals surface area contributed by atoms with Gasteiger partial charge in [-0.1, -0.05) is 36.6 Å². The van der Waals surface area contributed by atoms with Crippen LogP contribution in [-0.4, -0.2) is 46.8 Å². The summed E-state index contributed by atoms with van der Waals surface area (Å²) in [5.41, 5.74) is 1.02. The van der Waals surface area contributed by atoms with E-state index in [-0.39, 0.29) is 17.9 Å². The van der Waals surface area contributed by atoms with Gasteiger partial charge in [0.2, 0.25) is 5.91 Å². The molecule has 0 bridgehead atoms. The van der Waals surface area contributed by atoms with Crippen molar-refractivity contribution in [2.45, 2.75) is 82.3 Å². The largest absolute Gasteiger partial charge is 0.392 e. The van der Waals surface area contributed by atoms with Crippen LogP contribution in [0.5, 0.6) is 0 Å². The monoisotopic (exact) mass is 375 g/mol. The summed E-state index contributed by atoms with van der Waals surface area (Å²) < 4.78 is 0. The Bertz CT molecular complexity index is 574. The topological polar surface area (TPSA) is 60.8 Å². The highest BCUT2D eigenvalue weighted by Gasteiger charge is 2.43. The maximum absolute atomic E-state index is 11.7. The molecule has 3 rings (SSSR count). The molecule has 3 aliphatic rings. The molecule has 4 heteroatoms. The molecule has 4 atom stereocenters. The van der Waals surface area contributed by atoms with Crippen LogP contribution in [0.4, 0.5) is 0 Å². The first-order valence-corrected chi connectivity index (χ1v) is 10.8. The molecule has 0 heterocycles. The van der Waals surface area contributed by atoms with Crippen molar-refractivity contribution in [1.82, 2.24) is 4.90 Å². The highest BCUT2D eigenvalue weighted by atomic mass is 16.3. The molecule has 0 saturated heterocycles. The molecule has 3 aliphatic carbocycles. The molecule has 1 amide bonds. The van der Waals surface area contributed by atoms with Gasteiger partial charge in [0.05, 0.1) is 11.7 Å². The summed E-state index contributed by atoms with van der Waals surface area (Å²) in [5, 5.41) is 21.0. The van der Waals surface area contributed by atoms with Crippen molar-refractivity contribution >= 4 is 5.91 Å². The Morgan fingerprint density at radius 3 is 2.74 bits per heavy atom. The molecule has 2 saturated carbocycles. The summed E-state index contributed by atoms with van der Waals surface area (Å²) in [6.07, 6.45) is 17.0. The van der Waals surface area contributed by atoms with Gasteiger partial charge < -0.3 is 15.1 Å². The Morgan fingerprint density at radius 1 is 1.30 bits per heavy atom. The second-order valence-electron chi connectivity index (χ2n) is 9.30. The summed E-state index contributed by atoms with van der Waals surface area (Å²) in [6, 6.07) is 0. The molecule has 0 radical (unpaired) electrons. The van der Waals surface area contributed by atoms with E-state index in [4.69, 9.17) is 0 Å². The number of aliphatic hydroxyl groups excluding tert-OH is 1. The first kappa shape index (κ1) is 20.6.